The Hall–Kier alpha value is -8.14. The number of piperidine rings is 4. The van der Waals surface area contributed by atoms with Gasteiger partial charge in [-0.1, -0.05) is 108 Å². The van der Waals surface area contributed by atoms with Crippen LogP contribution in [-0.4, -0.2) is 237 Å². The van der Waals surface area contributed by atoms with E-state index in [4.69, 9.17) is 51.1 Å². The van der Waals surface area contributed by atoms with E-state index in [1.165, 1.54) is 0 Å². The molecule has 9 aromatic rings. The highest BCUT2D eigenvalue weighted by atomic mass is 35.5. The van der Waals surface area contributed by atoms with Gasteiger partial charge in [-0.15, -0.1) is 0 Å². The zero-order chi connectivity index (χ0) is 87.3. The van der Waals surface area contributed by atoms with Gasteiger partial charge in [0, 0.05) is 148 Å². The lowest BCUT2D eigenvalue weighted by atomic mass is 9.68. The zero-order valence-corrected chi connectivity index (χ0v) is 74.9. The van der Waals surface area contributed by atoms with E-state index in [1.807, 2.05) is 87.2 Å². The number of rotatable bonds is 17. The van der Waals surface area contributed by atoms with Crippen molar-refractivity contribution in [2.75, 3.05) is 96.7 Å². The van der Waals surface area contributed by atoms with Crippen molar-refractivity contribution in [3.05, 3.63) is 146 Å². The predicted molar refractivity (Wildman–Crippen MR) is 473 cm³/mol. The van der Waals surface area contributed by atoms with Gasteiger partial charge in [0.25, 0.3) is 0 Å². The molecule has 0 bridgehead atoms. The van der Waals surface area contributed by atoms with Crippen LogP contribution in [0.3, 0.4) is 0 Å². The number of aliphatic hydroxyl groups is 5. The molecule has 7 fully saturated rings. The fourth-order valence-corrected chi connectivity index (χ4v) is 21.2. The number of ether oxygens (including phenoxy) is 1. The van der Waals surface area contributed by atoms with Gasteiger partial charge in [-0.25, -0.2) is 27.6 Å². The molecule has 7 atom stereocenters. The quantitative estimate of drug-likeness (QED) is 0.0403. The summed E-state index contributed by atoms with van der Waals surface area (Å²) in [5, 5.41) is 98.4. The number of carbonyl (C=O) groups is 4. The maximum absolute atomic E-state index is 12.8. The maximum atomic E-state index is 12.8. The molecule has 12 N–H and O–H groups in total. The van der Waals surface area contributed by atoms with Gasteiger partial charge < -0.3 is 70.7 Å². The molecule has 29 nitrogen and oxygen atoms in total. The summed E-state index contributed by atoms with van der Waals surface area (Å²) in [6, 6.07) is 19.7. The van der Waals surface area contributed by atoms with Crippen LogP contribution in [0.1, 0.15) is 191 Å². The van der Waals surface area contributed by atoms with Crippen molar-refractivity contribution in [1.82, 2.24) is 86.2 Å². The summed E-state index contributed by atoms with van der Waals surface area (Å²) in [4.78, 5) is 63.9. The van der Waals surface area contributed by atoms with Gasteiger partial charge in [0.2, 0.25) is 0 Å². The van der Waals surface area contributed by atoms with E-state index in [-0.39, 0.29) is 84.0 Å². The molecule has 1 saturated carbocycles. The molecule has 0 unspecified atom stereocenters. The van der Waals surface area contributed by atoms with Gasteiger partial charge in [-0.05, 0) is 184 Å². The molecule has 16 rings (SSSR count). The average molecular weight is 1780 g/mol. The van der Waals surface area contributed by atoms with Gasteiger partial charge in [0.05, 0.1) is 120 Å². The lowest BCUT2D eigenvalue weighted by Crippen LogP contribution is -2.52. The van der Waals surface area contributed by atoms with Crippen LogP contribution >= 0.6 is 46.4 Å². The zero-order valence-electron chi connectivity index (χ0n) is 71.0. The molecule has 6 aliphatic heterocycles. The first kappa shape index (κ1) is 91.6. The van der Waals surface area contributed by atoms with E-state index in [2.05, 4.69) is 117 Å². The number of halogens is 4. The summed E-state index contributed by atoms with van der Waals surface area (Å²) >= 11 is 25.1. The van der Waals surface area contributed by atoms with Crippen molar-refractivity contribution in [3.63, 3.8) is 0 Å². The standard InChI is InChI=1S/C24H30ClN5O2.C22H31ClN4O3.C21H29ClN4O4S.C21H29ClN4O3/c1-15(20-6-4-5-9-26-20)28-23(32)30-10-7-17(8-11-30)24(2,3)22(31)19-13-18(25)12-16-14-27-29-21(16)19;1-22(2,20(29)16-11-15(23)10-13-12-24-26-19(13)16)14-6-8-27(9-7-14)21(30)25-17-4-3-5-18(17)28;1-21(2,19(27)17-12-16(22)11-14-13-23-24-18(14)17)15-3-5-25(6-4-15)20(28)26-7-9-31(29,30)10-8-26;1-21(2,19(27)17-8-16(22)7-14-10-24-25-18(14)17)15-3-5-26(6-4-15)20(28)23-9-13-11-29-12-13/h4-6,9,12-15,17,22,31H,7-8,10-11H2,1-3H3,(H,27,29)(H,28,32);10-12,14,17-18,20,28-29H,3-9H2,1-2H3,(H,24,26)(H,25,30);11-13,15,19,27H,3-10H2,1-2H3,(H,23,24);7-8,10,13,15,19,27H,3-6,9,11-12H2,1-2H3,(H,23,28)(H,24,25)/t15-,22+;17-,18-,20+;2*19-/m0011/s1. The highest BCUT2D eigenvalue weighted by Crippen LogP contribution is 2.51. The smallest absolute Gasteiger partial charge is 0.320 e. The number of urea groups is 4. The second-order valence-corrected chi connectivity index (χ2v) is 40.8. The van der Waals surface area contributed by atoms with Crippen molar-refractivity contribution in [2.24, 2.45) is 51.2 Å². The summed E-state index contributed by atoms with van der Waals surface area (Å²) < 4.78 is 28.4. The molecule has 4 aromatic carbocycles. The number of hydrogen-bond donors (Lipinski definition) is 12. The number of sulfone groups is 1. The highest BCUT2D eigenvalue weighted by molar-refractivity contribution is 7.91. The van der Waals surface area contributed by atoms with E-state index in [0.717, 1.165) is 155 Å². The van der Waals surface area contributed by atoms with E-state index < -0.39 is 56.6 Å². The monoisotopic (exact) mass is 1780 g/mol. The predicted octanol–water partition coefficient (Wildman–Crippen LogP) is 14.6. The third-order valence-electron chi connectivity index (χ3n) is 27.6. The van der Waals surface area contributed by atoms with Gasteiger partial charge in [0.15, 0.2) is 9.84 Å². The van der Waals surface area contributed by atoms with Crippen LogP contribution in [0.4, 0.5) is 19.2 Å². The first-order valence-corrected chi connectivity index (χ1v) is 46.1. The Morgan fingerprint density at radius 1 is 0.484 bits per heavy atom. The summed E-state index contributed by atoms with van der Waals surface area (Å²) in [6.45, 7) is 26.4. The number of nitrogens with zero attached hydrogens (tertiary/aromatic N) is 10. The van der Waals surface area contributed by atoms with E-state index in [0.29, 0.717) is 90.8 Å². The van der Waals surface area contributed by atoms with E-state index in [9.17, 15) is 53.1 Å². The third-order valence-corrected chi connectivity index (χ3v) is 30.1. The number of fused-ring (bicyclic) bond motifs is 4. The Kier molecular flexibility index (Phi) is 29.1. The van der Waals surface area contributed by atoms with Crippen LogP contribution in [0.5, 0.6) is 0 Å². The van der Waals surface area contributed by atoms with Gasteiger partial charge in [-0.2, -0.15) is 20.4 Å². The molecule has 7 aliphatic rings. The molecule has 0 radical (unpaired) electrons. The summed E-state index contributed by atoms with van der Waals surface area (Å²) in [5.41, 5.74) is 5.52. The van der Waals surface area contributed by atoms with Gasteiger partial charge in [-0.3, -0.25) is 25.4 Å². The van der Waals surface area contributed by atoms with Crippen LogP contribution in [0.25, 0.3) is 43.6 Å². The Labute approximate surface area is 732 Å². The summed E-state index contributed by atoms with van der Waals surface area (Å²) in [7, 11) is -3.02. The van der Waals surface area contributed by atoms with Crippen molar-refractivity contribution in [3.8, 4) is 0 Å². The van der Waals surface area contributed by atoms with Crippen LogP contribution in [0.2, 0.25) is 20.1 Å². The Morgan fingerprint density at radius 3 is 1.16 bits per heavy atom. The van der Waals surface area contributed by atoms with Crippen molar-refractivity contribution in [1.29, 1.82) is 0 Å². The van der Waals surface area contributed by atoms with Crippen LogP contribution in [0, 0.1) is 51.2 Å². The third kappa shape index (κ3) is 20.8. The number of H-pyrrole nitrogens is 4. The first-order valence-electron chi connectivity index (χ1n) is 42.8. The second-order valence-electron chi connectivity index (χ2n) is 36.7. The number of pyridine rings is 1. The maximum Gasteiger partial charge on any atom is 0.320 e. The minimum Gasteiger partial charge on any atom is -0.391 e. The number of nitrogens with one attached hydrogen (secondary N) is 7. The van der Waals surface area contributed by atoms with Crippen molar-refractivity contribution >= 4 is 124 Å². The van der Waals surface area contributed by atoms with Crippen LogP contribution < -0.4 is 16.0 Å². The number of amides is 8. The summed E-state index contributed by atoms with van der Waals surface area (Å²) in [6.07, 6.45) is 14.4. The van der Waals surface area contributed by atoms with Gasteiger partial charge in [0.1, 0.15) is 0 Å². The molecule has 122 heavy (non-hydrogen) atoms. The number of benzene rings is 4. The normalized spacial score (nSPS) is 20.7. The molecule has 662 valence electrons. The fraction of sp³-hybridized carbons (Fsp3) is 0.580. The largest absolute Gasteiger partial charge is 0.391 e. The second kappa shape index (κ2) is 38.8. The van der Waals surface area contributed by atoms with E-state index >= 15 is 0 Å². The molecule has 6 saturated heterocycles. The number of likely N-dealkylation sites (tertiary alicyclic amines) is 4. The molecule has 5 aromatic heterocycles. The number of hydrogen-bond acceptors (Lipinski definition) is 17. The number of aliphatic hydroxyl groups excluding tert-OH is 5. The average Bonchev–Trinajstić information content (AvgIpc) is 1.41. The summed E-state index contributed by atoms with van der Waals surface area (Å²) in [5.74, 6) is 1.54. The highest BCUT2D eigenvalue weighted by Gasteiger charge is 2.46. The number of aromatic nitrogens is 9. The number of carbonyl (C=O) groups excluding carboxylic acids is 4. The lowest BCUT2D eigenvalue weighted by molar-refractivity contribution is -0.0305. The molecular weight excluding hydrogens is 1660 g/mol. The minimum absolute atomic E-state index is 0.00251. The Balaban J connectivity index is 0.000000140. The van der Waals surface area contributed by atoms with E-state index in [1.54, 1.807) is 42.0 Å². The fourth-order valence-electron chi connectivity index (χ4n) is 19.0. The lowest BCUT2D eigenvalue weighted by Gasteiger charge is -2.44. The minimum atomic E-state index is -3.02. The van der Waals surface area contributed by atoms with Gasteiger partial charge >= 0.3 is 24.1 Å². The van der Waals surface area contributed by atoms with Crippen LogP contribution in [0.15, 0.2) is 97.7 Å². The van der Waals surface area contributed by atoms with Crippen molar-refractivity contribution in [2.45, 2.75) is 176 Å². The Bertz CT molecular complexity index is 5190. The Morgan fingerprint density at radius 2 is 0.828 bits per heavy atom. The first-order chi connectivity index (χ1) is 58.0. The topological polar surface area (TPSA) is 393 Å². The molecule has 34 heteroatoms. The molecule has 11 heterocycles. The van der Waals surface area contributed by atoms with Crippen LogP contribution in [-0.2, 0) is 14.6 Å². The number of aromatic amines is 4. The van der Waals surface area contributed by atoms with Crippen molar-refractivity contribution < 1.29 is 57.9 Å². The molecule has 1 aliphatic carbocycles. The molecule has 0 spiro atoms. The molecular formula is C88H119Cl4N17O12S. The molecule has 8 amide bonds. The SMILES string of the molecule is CC(C)(C1CCN(C(=O)N2CCS(=O)(=O)CC2)CC1)[C@H](O)c1cc(Cl)cc2cn[nH]c12.CC(C)(C1CCN(C(=O)NCC2COC2)CC1)[C@H](O)c1cc(Cl)cc2cn[nH]c12.CC(C)(C1CCN(C(=O)N[C@H]2CCC[C@@H]2O)CC1)[C@H](O)c1cc(Cl)cc2cn[nH]c12.C[C@H](NC(=O)N1CCC(C(C)(C)[C@H](O)c2cc(Cl)cc3cn[nH]c23)CC1)c1ccccn1.